The largest absolute Gasteiger partial charge is 0.373 e. The molecule has 2 rings (SSSR count). The summed E-state index contributed by atoms with van der Waals surface area (Å²) in [4.78, 5) is 4.50. The molecule has 5 heteroatoms. The first-order valence-corrected chi connectivity index (χ1v) is 6.55. The fourth-order valence-electron chi connectivity index (χ4n) is 2.65. The highest BCUT2D eigenvalue weighted by atomic mass is 16.5. The van der Waals surface area contributed by atoms with Gasteiger partial charge < -0.3 is 15.0 Å². The van der Waals surface area contributed by atoms with Crippen LogP contribution in [0, 0.1) is 5.41 Å². The molecule has 0 bridgehead atoms. The van der Waals surface area contributed by atoms with E-state index in [1.54, 1.807) is 7.11 Å². The molecule has 18 heavy (non-hydrogen) atoms. The van der Waals surface area contributed by atoms with Crippen molar-refractivity contribution < 1.29 is 9.26 Å². The Morgan fingerprint density at radius 3 is 2.61 bits per heavy atom. The van der Waals surface area contributed by atoms with Gasteiger partial charge in [0, 0.05) is 13.2 Å². The van der Waals surface area contributed by atoms with E-state index in [0.29, 0.717) is 11.7 Å². The van der Waals surface area contributed by atoms with Crippen molar-refractivity contribution in [1.29, 1.82) is 0 Å². The molecule has 102 valence electrons. The Morgan fingerprint density at radius 2 is 2.11 bits per heavy atom. The van der Waals surface area contributed by atoms with Gasteiger partial charge in [0.25, 0.3) is 0 Å². The Hall–Kier alpha value is -0.940. The van der Waals surface area contributed by atoms with E-state index in [4.69, 9.17) is 15.0 Å². The Balaban J connectivity index is 2.19. The summed E-state index contributed by atoms with van der Waals surface area (Å²) in [7, 11) is 1.67. The number of ether oxygens (including phenoxy) is 1. The molecule has 1 aromatic heterocycles. The number of rotatable bonds is 3. The average molecular weight is 253 g/mol. The molecule has 5 nitrogen and oxygen atoms in total. The third kappa shape index (κ3) is 2.57. The van der Waals surface area contributed by atoms with Crippen LogP contribution in [0.4, 0.5) is 0 Å². The smallest absolute Gasteiger partial charge is 0.231 e. The Kier molecular flexibility index (Phi) is 3.73. The number of nitrogens with zero attached hydrogens (tertiary/aromatic N) is 2. The summed E-state index contributed by atoms with van der Waals surface area (Å²) in [5, 5.41) is 4.07. The number of aromatic nitrogens is 2. The second kappa shape index (κ2) is 4.97. The van der Waals surface area contributed by atoms with E-state index < -0.39 is 0 Å². The Bertz CT molecular complexity index is 397. The van der Waals surface area contributed by atoms with Crippen molar-refractivity contribution in [1.82, 2.24) is 10.1 Å². The van der Waals surface area contributed by atoms with Crippen molar-refractivity contribution in [2.75, 3.05) is 7.11 Å². The van der Waals surface area contributed by atoms with Gasteiger partial charge in [0.1, 0.15) is 6.10 Å². The molecule has 3 atom stereocenters. The Labute approximate surface area is 108 Å². The van der Waals surface area contributed by atoms with E-state index in [2.05, 4.69) is 30.9 Å². The van der Waals surface area contributed by atoms with Crippen molar-refractivity contribution in [2.24, 2.45) is 11.1 Å². The molecule has 0 radical (unpaired) electrons. The summed E-state index contributed by atoms with van der Waals surface area (Å²) >= 11 is 0. The topological polar surface area (TPSA) is 74.2 Å². The lowest BCUT2D eigenvalue weighted by molar-refractivity contribution is 0.00718. The molecule has 0 spiro atoms. The molecule has 0 saturated heterocycles. The maximum Gasteiger partial charge on any atom is 0.231 e. The first-order chi connectivity index (χ1) is 8.43. The first kappa shape index (κ1) is 13.5. The standard InChI is InChI=1S/C13H23N3O2/c1-13(2,3)10(17-4)11-15-12(18-16-11)8-6-5-7-9(8)14/h8-10H,5-7,14H2,1-4H3. The maximum absolute atomic E-state index is 6.06. The number of methoxy groups -OCH3 is 1. The van der Waals surface area contributed by atoms with E-state index >= 15 is 0 Å². The van der Waals surface area contributed by atoms with Crippen LogP contribution in [-0.2, 0) is 4.74 Å². The van der Waals surface area contributed by atoms with Gasteiger partial charge in [-0.05, 0) is 18.3 Å². The zero-order valence-corrected chi connectivity index (χ0v) is 11.6. The monoisotopic (exact) mass is 253 g/mol. The number of hydrogen-bond donors (Lipinski definition) is 1. The molecular weight excluding hydrogens is 230 g/mol. The summed E-state index contributed by atoms with van der Waals surface area (Å²) in [5.74, 6) is 1.50. The highest BCUT2D eigenvalue weighted by Gasteiger charge is 2.34. The summed E-state index contributed by atoms with van der Waals surface area (Å²) < 4.78 is 10.9. The molecule has 1 heterocycles. The van der Waals surface area contributed by atoms with Gasteiger partial charge in [-0.2, -0.15) is 4.98 Å². The Morgan fingerprint density at radius 1 is 1.39 bits per heavy atom. The third-order valence-electron chi connectivity index (χ3n) is 3.60. The highest BCUT2D eigenvalue weighted by Crippen LogP contribution is 2.36. The highest BCUT2D eigenvalue weighted by molar-refractivity contribution is 5.04. The van der Waals surface area contributed by atoms with Crippen LogP contribution >= 0.6 is 0 Å². The van der Waals surface area contributed by atoms with Crippen LogP contribution in [0.1, 0.15) is 63.8 Å². The summed E-state index contributed by atoms with van der Waals surface area (Å²) in [5.41, 5.74) is 5.99. The molecule has 1 aromatic rings. The molecule has 0 aliphatic heterocycles. The average Bonchev–Trinajstić information content (AvgIpc) is 2.85. The van der Waals surface area contributed by atoms with Crippen LogP contribution in [0.5, 0.6) is 0 Å². The molecule has 0 aromatic carbocycles. The van der Waals surface area contributed by atoms with Crippen molar-refractivity contribution in [3.63, 3.8) is 0 Å². The van der Waals surface area contributed by atoms with E-state index in [0.717, 1.165) is 19.3 Å². The summed E-state index contributed by atoms with van der Waals surface area (Å²) in [6.07, 6.45) is 3.05. The van der Waals surface area contributed by atoms with Gasteiger partial charge in [0.2, 0.25) is 11.7 Å². The lowest BCUT2D eigenvalue weighted by atomic mass is 9.88. The maximum atomic E-state index is 6.06. The molecule has 1 saturated carbocycles. The zero-order valence-electron chi connectivity index (χ0n) is 11.6. The van der Waals surface area contributed by atoms with E-state index in [-0.39, 0.29) is 23.5 Å². The minimum Gasteiger partial charge on any atom is -0.373 e. The number of hydrogen-bond acceptors (Lipinski definition) is 5. The molecular formula is C13H23N3O2. The molecule has 1 aliphatic rings. The predicted octanol–water partition coefficient (Wildman–Crippen LogP) is 2.40. The zero-order chi connectivity index (χ0) is 13.3. The lowest BCUT2D eigenvalue weighted by Crippen LogP contribution is -2.23. The molecule has 2 N–H and O–H groups in total. The van der Waals surface area contributed by atoms with Crippen LogP contribution in [0.3, 0.4) is 0 Å². The summed E-state index contributed by atoms with van der Waals surface area (Å²) in [6, 6.07) is 0.147. The van der Waals surface area contributed by atoms with Crippen molar-refractivity contribution in [3.05, 3.63) is 11.7 Å². The third-order valence-corrected chi connectivity index (χ3v) is 3.60. The van der Waals surface area contributed by atoms with Gasteiger partial charge in [-0.3, -0.25) is 0 Å². The molecule has 1 aliphatic carbocycles. The van der Waals surface area contributed by atoms with Crippen LogP contribution in [0.15, 0.2) is 4.52 Å². The fraction of sp³-hybridized carbons (Fsp3) is 0.846. The number of nitrogens with two attached hydrogens (primary N) is 1. The second-order valence-electron chi connectivity index (χ2n) is 6.17. The van der Waals surface area contributed by atoms with Gasteiger partial charge in [-0.25, -0.2) is 0 Å². The minimum absolute atomic E-state index is 0.0618. The van der Waals surface area contributed by atoms with Gasteiger partial charge in [0.15, 0.2) is 0 Å². The van der Waals surface area contributed by atoms with Gasteiger partial charge in [-0.1, -0.05) is 32.3 Å². The van der Waals surface area contributed by atoms with Gasteiger partial charge >= 0.3 is 0 Å². The van der Waals surface area contributed by atoms with E-state index in [1.165, 1.54) is 0 Å². The lowest BCUT2D eigenvalue weighted by Gasteiger charge is -2.26. The van der Waals surface area contributed by atoms with E-state index in [9.17, 15) is 0 Å². The van der Waals surface area contributed by atoms with Crippen LogP contribution < -0.4 is 5.73 Å². The fourth-order valence-corrected chi connectivity index (χ4v) is 2.65. The second-order valence-corrected chi connectivity index (χ2v) is 6.17. The van der Waals surface area contributed by atoms with Crippen molar-refractivity contribution in [2.45, 2.75) is 58.1 Å². The van der Waals surface area contributed by atoms with Crippen LogP contribution in [0.2, 0.25) is 0 Å². The molecule has 0 amide bonds. The van der Waals surface area contributed by atoms with Gasteiger partial charge in [0.05, 0.1) is 5.92 Å². The molecule has 3 unspecified atom stereocenters. The quantitative estimate of drug-likeness (QED) is 0.895. The van der Waals surface area contributed by atoms with E-state index in [1.807, 2.05) is 0 Å². The van der Waals surface area contributed by atoms with Crippen LogP contribution in [-0.4, -0.2) is 23.3 Å². The minimum atomic E-state index is -0.160. The van der Waals surface area contributed by atoms with Crippen LogP contribution in [0.25, 0.3) is 0 Å². The van der Waals surface area contributed by atoms with Crippen molar-refractivity contribution in [3.8, 4) is 0 Å². The molecule has 1 fully saturated rings. The summed E-state index contributed by atoms with van der Waals surface area (Å²) in [6.45, 7) is 6.29. The first-order valence-electron chi connectivity index (χ1n) is 6.55. The van der Waals surface area contributed by atoms with Gasteiger partial charge in [-0.15, -0.1) is 0 Å². The van der Waals surface area contributed by atoms with Crippen molar-refractivity contribution >= 4 is 0 Å². The normalized spacial score (nSPS) is 26.5. The SMILES string of the molecule is COC(c1noc(C2CCCC2N)n1)C(C)(C)C. The predicted molar refractivity (Wildman–Crippen MR) is 68.1 cm³/mol.